The van der Waals surface area contributed by atoms with Crippen molar-refractivity contribution in [2.24, 2.45) is 0 Å². The molecule has 0 fully saturated rings. The van der Waals surface area contributed by atoms with E-state index in [0.717, 1.165) is 0 Å². The second-order valence-electron chi connectivity index (χ2n) is 2.37. The summed E-state index contributed by atoms with van der Waals surface area (Å²) in [4.78, 5) is 38.0. The zero-order chi connectivity index (χ0) is 13.3. The topological polar surface area (TPSA) is 175 Å². The number of carbonyl (C=O) groups is 4. The summed E-state index contributed by atoms with van der Waals surface area (Å²) >= 11 is 0. The van der Waals surface area contributed by atoms with Gasteiger partial charge in [-0.1, -0.05) is 0 Å². The van der Waals surface area contributed by atoms with Crippen LogP contribution in [0.25, 0.3) is 0 Å². The zero-order valence-corrected chi connectivity index (χ0v) is 13.8. The van der Waals surface area contributed by atoms with Gasteiger partial charge in [-0.25, -0.2) is 4.79 Å². The molecule has 3 N–H and O–H groups in total. The molecule has 1 unspecified atom stereocenters. The number of rotatable bonds is 5. The molecule has 0 heterocycles. The van der Waals surface area contributed by atoms with E-state index in [2.05, 4.69) is 0 Å². The number of aliphatic hydroxyl groups is 1. The van der Waals surface area contributed by atoms with Crippen molar-refractivity contribution in [3.8, 4) is 0 Å². The second kappa shape index (κ2) is 14.9. The fourth-order valence-electron chi connectivity index (χ4n) is 0.371. The molecule has 0 aromatic heterocycles. The van der Waals surface area contributed by atoms with Gasteiger partial charge in [0.1, 0.15) is 0 Å². The standard InChI is InChI=1S/C4H6O5.C3H4O4.2Na/c5-2(4(8)9)1-3(6)7;4-2(5)1-3(6)7;;/h2,5H,1H2,(H,6,7)(H,8,9);1H2,(H,4,5)(H,6,7);;/q;;2*+1/p-2. The van der Waals surface area contributed by atoms with Crippen LogP contribution in [0.4, 0.5) is 0 Å². The Kier molecular flexibility index (Phi) is 21.9. The molecule has 0 spiro atoms. The van der Waals surface area contributed by atoms with Gasteiger partial charge in [-0.15, -0.1) is 0 Å². The van der Waals surface area contributed by atoms with Gasteiger partial charge in [-0.2, -0.15) is 0 Å². The summed E-state index contributed by atoms with van der Waals surface area (Å²) in [6.07, 6.45) is -3.57. The molecular weight excluding hydrogens is 274 g/mol. The maximum Gasteiger partial charge on any atom is 1.00 e. The minimum Gasteiger partial charge on any atom is -0.550 e. The second-order valence-corrected chi connectivity index (χ2v) is 2.37. The largest absolute Gasteiger partial charge is 1.00 e. The van der Waals surface area contributed by atoms with Crippen LogP contribution in [0.1, 0.15) is 12.8 Å². The van der Waals surface area contributed by atoms with Gasteiger partial charge in [0.2, 0.25) is 0 Å². The van der Waals surface area contributed by atoms with E-state index >= 15 is 0 Å². The first-order valence-corrected chi connectivity index (χ1v) is 3.69. The van der Waals surface area contributed by atoms with Gasteiger partial charge < -0.3 is 35.1 Å². The first-order chi connectivity index (χ1) is 7.16. The third kappa shape index (κ3) is 24.9. The van der Waals surface area contributed by atoms with Gasteiger partial charge in [-0.3, -0.25) is 4.79 Å². The number of hydrogen-bond acceptors (Lipinski definition) is 7. The van der Waals surface area contributed by atoms with Gasteiger partial charge in [0.25, 0.3) is 0 Å². The van der Waals surface area contributed by atoms with E-state index in [9.17, 15) is 29.4 Å². The van der Waals surface area contributed by atoms with Crippen LogP contribution < -0.4 is 69.3 Å². The van der Waals surface area contributed by atoms with Crippen molar-refractivity contribution in [3.05, 3.63) is 0 Å². The third-order valence-electron chi connectivity index (χ3n) is 0.942. The van der Waals surface area contributed by atoms with Crippen LogP contribution in [0, 0.1) is 0 Å². The molecule has 0 aromatic carbocycles. The van der Waals surface area contributed by atoms with Gasteiger partial charge in [0.15, 0.2) is 6.10 Å². The average molecular weight is 282 g/mol. The quantitative estimate of drug-likeness (QED) is 0.326. The summed E-state index contributed by atoms with van der Waals surface area (Å²) in [7, 11) is 0. The number of carboxylic acids is 4. The van der Waals surface area contributed by atoms with Crippen molar-refractivity contribution in [1.29, 1.82) is 0 Å². The Hall–Kier alpha value is -0.160. The third-order valence-corrected chi connectivity index (χ3v) is 0.942. The molecule has 0 radical (unpaired) electrons. The van der Waals surface area contributed by atoms with Crippen LogP contribution in [-0.2, 0) is 19.2 Å². The van der Waals surface area contributed by atoms with E-state index in [1.807, 2.05) is 0 Å². The molecule has 0 aliphatic heterocycles. The molecule has 0 aliphatic rings. The molecule has 18 heavy (non-hydrogen) atoms. The molecule has 92 valence electrons. The summed E-state index contributed by atoms with van der Waals surface area (Å²) in [5, 5.41) is 42.7. The van der Waals surface area contributed by atoms with Crippen LogP contribution in [0.5, 0.6) is 0 Å². The van der Waals surface area contributed by atoms with E-state index < -0.39 is 42.8 Å². The van der Waals surface area contributed by atoms with E-state index in [-0.39, 0.29) is 59.1 Å². The minimum absolute atomic E-state index is 0. The molecule has 11 heteroatoms. The summed E-state index contributed by atoms with van der Waals surface area (Å²) in [5.74, 6) is -6.10. The Balaban J connectivity index is -0.000000100. The Morgan fingerprint density at radius 2 is 1.28 bits per heavy atom. The first kappa shape index (κ1) is 26.4. The van der Waals surface area contributed by atoms with Crippen molar-refractivity contribution >= 4 is 23.9 Å². The summed E-state index contributed by atoms with van der Waals surface area (Å²) in [6.45, 7) is 0. The smallest absolute Gasteiger partial charge is 0.550 e. The van der Waals surface area contributed by atoms with Gasteiger partial charge in [0.05, 0.1) is 6.42 Å². The van der Waals surface area contributed by atoms with Gasteiger partial charge >= 0.3 is 71.1 Å². The Morgan fingerprint density at radius 1 is 0.944 bits per heavy atom. The molecular formula is C7H8Na2O9. The molecule has 0 saturated heterocycles. The number of aliphatic hydroxyl groups excluding tert-OH is 1. The first-order valence-electron chi connectivity index (χ1n) is 3.69. The zero-order valence-electron chi connectivity index (χ0n) is 9.78. The van der Waals surface area contributed by atoms with Gasteiger partial charge in [-0.05, 0) is 0 Å². The molecule has 1 atom stereocenters. The van der Waals surface area contributed by atoms with Crippen molar-refractivity contribution in [2.45, 2.75) is 18.9 Å². The number of hydrogen-bond donors (Lipinski definition) is 3. The summed E-state index contributed by atoms with van der Waals surface area (Å²) < 4.78 is 0. The maximum absolute atomic E-state index is 9.72. The predicted octanol–water partition coefficient (Wildman–Crippen LogP) is -10.2. The van der Waals surface area contributed by atoms with Crippen LogP contribution in [0.2, 0.25) is 0 Å². The summed E-state index contributed by atoms with van der Waals surface area (Å²) in [6, 6.07) is 0. The van der Waals surface area contributed by atoms with E-state index in [0.29, 0.717) is 0 Å². The predicted molar refractivity (Wildman–Crippen MR) is 40.5 cm³/mol. The van der Waals surface area contributed by atoms with E-state index in [4.69, 9.17) is 15.3 Å². The van der Waals surface area contributed by atoms with E-state index in [1.54, 1.807) is 0 Å². The van der Waals surface area contributed by atoms with Crippen molar-refractivity contribution in [1.82, 2.24) is 0 Å². The molecule has 0 aromatic rings. The van der Waals surface area contributed by atoms with Crippen LogP contribution in [-0.4, -0.2) is 45.3 Å². The number of carbonyl (C=O) groups excluding carboxylic acids is 2. The Bertz CT molecular complexity index is 279. The minimum atomic E-state index is -1.79. The van der Waals surface area contributed by atoms with E-state index in [1.165, 1.54) is 0 Å². The molecule has 0 saturated carbocycles. The molecule has 0 bridgehead atoms. The number of aliphatic carboxylic acids is 4. The van der Waals surface area contributed by atoms with Crippen molar-refractivity contribution in [3.63, 3.8) is 0 Å². The normalized spacial score (nSPS) is 9.39. The SMILES string of the molecule is O=C(O)CC(O)C(=O)O.O=C([O-])CC(=O)[O-].[Na+].[Na+]. The van der Waals surface area contributed by atoms with Crippen LogP contribution in [0.15, 0.2) is 0 Å². The van der Waals surface area contributed by atoms with Crippen molar-refractivity contribution < 1.29 is 104 Å². The number of carboxylic acid groups (broad SMARTS) is 4. The van der Waals surface area contributed by atoms with Crippen LogP contribution in [0.3, 0.4) is 0 Å². The van der Waals surface area contributed by atoms with Crippen LogP contribution >= 0.6 is 0 Å². The average Bonchev–Trinajstić information content (AvgIpc) is 2.00. The van der Waals surface area contributed by atoms with Crippen molar-refractivity contribution in [2.75, 3.05) is 0 Å². The molecule has 0 rings (SSSR count). The maximum atomic E-state index is 9.72. The Morgan fingerprint density at radius 3 is 1.33 bits per heavy atom. The fraction of sp³-hybridized carbons (Fsp3) is 0.429. The Labute approximate surface area is 145 Å². The summed E-state index contributed by atoms with van der Waals surface area (Å²) in [5.41, 5.74) is 0. The fourth-order valence-corrected chi connectivity index (χ4v) is 0.371. The monoisotopic (exact) mass is 282 g/mol. The molecule has 9 nitrogen and oxygen atoms in total. The van der Waals surface area contributed by atoms with Gasteiger partial charge in [0, 0.05) is 18.4 Å². The molecule has 0 aliphatic carbocycles. The molecule has 0 amide bonds.